The van der Waals surface area contributed by atoms with Crippen molar-refractivity contribution in [2.75, 3.05) is 6.61 Å². The Bertz CT molecular complexity index is 1540. The SMILES string of the molecule is [N-]=[N+]=N[C@@H]1[C@@H](O)[C@H](n2c(-c3c4ccccc4cc4ccccc34)nc3ccccc32)O[C@@H]1CO. The number of para-hydroxylation sites is 2. The molecule has 1 saturated heterocycles. The first-order chi connectivity index (χ1) is 16.7. The third kappa shape index (κ3) is 3.05. The van der Waals surface area contributed by atoms with Gasteiger partial charge in [0.1, 0.15) is 11.9 Å². The third-order valence-electron chi connectivity index (χ3n) is 6.55. The van der Waals surface area contributed by atoms with E-state index in [0.29, 0.717) is 5.82 Å². The first kappa shape index (κ1) is 20.7. The lowest BCUT2D eigenvalue weighted by molar-refractivity contribution is -0.0476. The average molecular weight is 451 g/mol. The topological polar surface area (TPSA) is 116 Å². The van der Waals surface area contributed by atoms with Gasteiger partial charge in [-0.15, -0.1) is 0 Å². The Balaban J connectivity index is 1.69. The Hall–Kier alpha value is -3.94. The molecule has 2 heterocycles. The second kappa shape index (κ2) is 8.13. The monoisotopic (exact) mass is 451 g/mol. The Morgan fingerprint density at radius 2 is 1.62 bits per heavy atom. The molecule has 0 unspecified atom stereocenters. The fourth-order valence-corrected chi connectivity index (χ4v) is 5.03. The number of rotatable bonds is 4. The van der Waals surface area contributed by atoms with Crippen molar-refractivity contribution in [3.63, 3.8) is 0 Å². The molecule has 1 aliphatic rings. The van der Waals surface area contributed by atoms with Crippen LogP contribution in [-0.4, -0.2) is 44.6 Å². The number of ether oxygens (including phenoxy) is 1. The van der Waals surface area contributed by atoms with Gasteiger partial charge in [-0.2, -0.15) is 0 Å². The van der Waals surface area contributed by atoms with Gasteiger partial charge in [-0.3, -0.25) is 4.57 Å². The average Bonchev–Trinajstić information content (AvgIpc) is 3.39. The quantitative estimate of drug-likeness (QED) is 0.174. The van der Waals surface area contributed by atoms with Crippen molar-refractivity contribution in [1.82, 2.24) is 9.55 Å². The molecule has 1 aromatic heterocycles. The molecule has 34 heavy (non-hydrogen) atoms. The van der Waals surface area contributed by atoms with E-state index in [1.54, 1.807) is 0 Å². The summed E-state index contributed by atoms with van der Waals surface area (Å²) >= 11 is 0. The predicted molar refractivity (Wildman–Crippen MR) is 130 cm³/mol. The largest absolute Gasteiger partial charge is 0.394 e. The lowest BCUT2D eigenvalue weighted by Crippen LogP contribution is -2.31. The predicted octanol–water partition coefficient (Wildman–Crippen LogP) is 4.94. The summed E-state index contributed by atoms with van der Waals surface area (Å²) < 4.78 is 7.95. The van der Waals surface area contributed by atoms with Crippen LogP contribution in [0.5, 0.6) is 0 Å². The molecule has 1 fully saturated rings. The molecule has 168 valence electrons. The van der Waals surface area contributed by atoms with Crippen molar-refractivity contribution in [3.8, 4) is 11.4 Å². The van der Waals surface area contributed by atoms with E-state index in [4.69, 9.17) is 15.3 Å². The Kier molecular flexibility index (Phi) is 4.94. The first-order valence-electron chi connectivity index (χ1n) is 11.1. The molecule has 6 rings (SSSR count). The van der Waals surface area contributed by atoms with Crippen LogP contribution in [0, 0.1) is 0 Å². The third-order valence-corrected chi connectivity index (χ3v) is 6.55. The van der Waals surface area contributed by atoms with Crippen LogP contribution in [-0.2, 0) is 4.74 Å². The maximum Gasteiger partial charge on any atom is 0.162 e. The van der Waals surface area contributed by atoms with E-state index in [9.17, 15) is 10.2 Å². The molecule has 8 nitrogen and oxygen atoms in total. The number of azide groups is 1. The van der Waals surface area contributed by atoms with Crippen LogP contribution in [0.1, 0.15) is 6.23 Å². The fourth-order valence-electron chi connectivity index (χ4n) is 5.03. The summed E-state index contributed by atoms with van der Waals surface area (Å²) in [5.41, 5.74) is 11.5. The van der Waals surface area contributed by atoms with Gasteiger partial charge >= 0.3 is 0 Å². The number of hydrogen-bond donors (Lipinski definition) is 2. The van der Waals surface area contributed by atoms with Crippen LogP contribution < -0.4 is 0 Å². The van der Waals surface area contributed by atoms with Crippen LogP contribution in [0.2, 0.25) is 0 Å². The summed E-state index contributed by atoms with van der Waals surface area (Å²) in [6.07, 6.45) is -2.88. The van der Waals surface area contributed by atoms with Crippen molar-refractivity contribution >= 4 is 32.6 Å². The van der Waals surface area contributed by atoms with E-state index in [1.807, 2.05) is 53.1 Å². The Morgan fingerprint density at radius 1 is 0.971 bits per heavy atom. The minimum absolute atomic E-state index is 0.379. The maximum atomic E-state index is 11.2. The molecule has 0 spiro atoms. The standard InChI is InChI=1S/C26H21N5O3/c27-30-29-23-21(14-32)34-26(24(23)33)31-20-12-6-5-11-19(20)28-25(31)22-17-9-3-1-7-15(17)13-16-8-2-4-10-18(16)22/h1-13,21,23-24,26,32-33H,14H2/t21-,23+,24-,26-/m1/s1. The zero-order valence-corrected chi connectivity index (χ0v) is 18.1. The number of benzene rings is 4. The number of aliphatic hydroxyl groups excluding tert-OH is 2. The molecular weight excluding hydrogens is 430 g/mol. The number of fused-ring (bicyclic) bond motifs is 3. The Labute approximate surface area is 194 Å². The second-order valence-electron chi connectivity index (χ2n) is 8.42. The minimum Gasteiger partial charge on any atom is -0.394 e. The molecule has 0 amide bonds. The molecule has 0 radical (unpaired) electrons. The summed E-state index contributed by atoms with van der Waals surface area (Å²) in [5, 5.41) is 28.9. The second-order valence-corrected chi connectivity index (χ2v) is 8.42. The van der Waals surface area contributed by atoms with Gasteiger partial charge in [0.2, 0.25) is 0 Å². The Morgan fingerprint density at radius 3 is 2.29 bits per heavy atom. The van der Waals surface area contributed by atoms with Gasteiger partial charge in [-0.05, 0) is 45.3 Å². The zero-order chi connectivity index (χ0) is 23.2. The summed E-state index contributed by atoms with van der Waals surface area (Å²) in [7, 11) is 0. The number of imidazole rings is 1. The van der Waals surface area contributed by atoms with Crippen molar-refractivity contribution in [2.24, 2.45) is 5.11 Å². The van der Waals surface area contributed by atoms with Crippen molar-refractivity contribution in [2.45, 2.75) is 24.5 Å². The van der Waals surface area contributed by atoms with E-state index < -0.39 is 24.5 Å². The van der Waals surface area contributed by atoms with Gasteiger partial charge < -0.3 is 14.9 Å². The summed E-state index contributed by atoms with van der Waals surface area (Å²) in [5.74, 6) is 0.636. The molecule has 8 heteroatoms. The van der Waals surface area contributed by atoms with E-state index >= 15 is 0 Å². The molecule has 5 aromatic rings. The number of aromatic nitrogens is 2. The van der Waals surface area contributed by atoms with E-state index in [2.05, 4.69) is 40.4 Å². The van der Waals surface area contributed by atoms with Crippen LogP contribution in [0.4, 0.5) is 0 Å². The van der Waals surface area contributed by atoms with E-state index in [0.717, 1.165) is 38.1 Å². The summed E-state index contributed by atoms with van der Waals surface area (Å²) in [6, 6.07) is 25.1. The normalized spacial score (nSPS) is 22.4. The highest BCUT2D eigenvalue weighted by Gasteiger charge is 2.45. The van der Waals surface area contributed by atoms with E-state index in [-0.39, 0.29) is 6.61 Å². The molecule has 0 aliphatic carbocycles. The van der Waals surface area contributed by atoms with Gasteiger partial charge in [-0.25, -0.2) is 4.98 Å². The molecule has 1 aliphatic heterocycles. The number of hydrogen-bond acceptors (Lipinski definition) is 5. The highest BCUT2D eigenvalue weighted by Crippen LogP contribution is 2.42. The summed E-state index contributed by atoms with van der Waals surface area (Å²) in [4.78, 5) is 7.85. The smallest absolute Gasteiger partial charge is 0.162 e. The van der Waals surface area contributed by atoms with Gasteiger partial charge in [0.05, 0.1) is 29.8 Å². The van der Waals surface area contributed by atoms with Gasteiger partial charge in [-0.1, -0.05) is 65.8 Å². The zero-order valence-electron chi connectivity index (χ0n) is 18.1. The highest BCUT2D eigenvalue weighted by molar-refractivity contribution is 6.12. The molecular formula is C26H21N5O3. The van der Waals surface area contributed by atoms with E-state index in [1.165, 1.54) is 0 Å². The van der Waals surface area contributed by atoms with Gasteiger partial charge in [0.25, 0.3) is 0 Å². The van der Waals surface area contributed by atoms with Crippen LogP contribution >= 0.6 is 0 Å². The highest BCUT2D eigenvalue weighted by atomic mass is 16.5. The first-order valence-corrected chi connectivity index (χ1v) is 11.1. The molecule has 4 aromatic carbocycles. The van der Waals surface area contributed by atoms with Gasteiger partial charge in [0, 0.05) is 10.5 Å². The molecule has 0 saturated carbocycles. The van der Waals surface area contributed by atoms with Crippen molar-refractivity contribution in [1.29, 1.82) is 0 Å². The van der Waals surface area contributed by atoms with Crippen LogP contribution in [0.3, 0.4) is 0 Å². The number of nitrogens with zero attached hydrogens (tertiary/aromatic N) is 5. The fraction of sp³-hybridized carbons (Fsp3) is 0.192. The van der Waals surface area contributed by atoms with Crippen LogP contribution in [0.15, 0.2) is 84.0 Å². The van der Waals surface area contributed by atoms with Crippen molar-refractivity contribution < 1.29 is 14.9 Å². The number of aliphatic hydroxyl groups is 2. The molecule has 4 atom stereocenters. The van der Waals surface area contributed by atoms with Gasteiger partial charge in [0.15, 0.2) is 6.23 Å². The lowest BCUT2D eigenvalue weighted by atomic mass is 9.96. The van der Waals surface area contributed by atoms with Crippen molar-refractivity contribution in [3.05, 3.63) is 89.3 Å². The maximum absolute atomic E-state index is 11.2. The van der Waals surface area contributed by atoms with Crippen LogP contribution in [0.25, 0.3) is 54.4 Å². The molecule has 0 bridgehead atoms. The lowest BCUT2D eigenvalue weighted by Gasteiger charge is -2.21. The minimum atomic E-state index is -1.16. The molecule has 2 N–H and O–H groups in total. The summed E-state index contributed by atoms with van der Waals surface area (Å²) in [6.45, 7) is -0.379.